The summed E-state index contributed by atoms with van der Waals surface area (Å²) in [6.07, 6.45) is 12.5. The third-order valence-corrected chi connectivity index (χ3v) is 4.80. The van der Waals surface area contributed by atoms with Gasteiger partial charge >= 0.3 is 0 Å². The summed E-state index contributed by atoms with van der Waals surface area (Å²) in [4.78, 5) is 25.4. The summed E-state index contributed by atoms with van der Waals surface area (Å²) < 4.78 is 0. The molecule has 0 unspecified atom stereocenters. The predicted octanol–water partition coefficient (Wildman–Crippen LogP) is 7.06. The van der Waals surface area contributed by atoms with Gasteiger partial charge in [-0.15, -0.1) is 0 Å². The van der Waals surface area contributed by atoms with Crippen molar-refractivity contribution in [2.24, 2.45) is 0 Å². The van der Waals surface area contributed by atoms with Crippen molar-refractivity contribution >= 4 is 17.1 Å². The molecule has 2 heteroatoms. The highest BCUT2D eigenvalue weighted by molar-refractivity contribution is 6.23. The molecule has 4 rings (SSSR count). The van der Waals surface area contributed by atoms with Crippen LogP contribution in [0.15, 0.2) is 83.0 Å². The first-order valence-corrected chi connectivity index (χ1v) is 10.4. The molecule has 0 saturated carbocycles. The molecule has 3 aliphatic carbocycles. The highest BCUT2D eigenvalue weighted by atomic mass is 16.1. The summed E-state index contributed by atoms with van der Waals surface area (Å²) in [5, 5.41) is 0. The minimum Gasteiger partial charge on any atom is -0.294 e. The van der Waals surface area contributed by atoms with E-state index in [1.807, 2.05) is 76.3 Å². The van der Waals surface area contributed by atoms with Crippen LogP contribution in [0.3, 0.4) is 0 Å². The van der Waals surface area contributed by atoms with Crippen molar-refractivity contribution in [3.8, 4) is 0 Å². The first-order valence-electron chi connectivity index (χ1n) is 10.4. The van der Waals surface area contributed by atoms with Crippen molar-refractivity contribution in [3.05, 3.63) is 88.6 Å². The number of fused-ring (bicyclic) bond motifs is 1. The Bertz CT molecular complexity index is 885. The summed E-state index contributed by atoms with van der Waals surface area (Å²) in [7, 11) is 0. The highest BCUT2D eigenvalue weighted by Crippen LogP contribution is 2.43. The lowest BCUT2D eigenvalue weighted by Crippen LogP contribution is -2.15. The molecule has 1 aromatic carbocycles. The summed E-state index contributed by atoms with van der Waals surface area (Å²) >= 11 is 0. The minimum absolute atomic E-state index is 0. The quantitative estimate of drug-likeness (QED) is 0.552. The lowest BCUT2D eigenvalue weighted by Gasteiger charge is -2.19. The van der Waals surface area contributed by atoms with Crippen LogP contribution in [0.1, 0.15) is 61.8 Å². The Morgan fingerprint density at radius 2 is 1.46 bits per heavy atom. The third kappa shape index (κ3) is 4.39. The molecule has 0 aromatic heterocycles. The molecule has 0 heterocycles. The predicted molar refractivity (Wildman–Crippen MR) is 122 cm³/mol. The summed E-state index contributed by atoms with van der Waals surface area (Å²) in [6, 6.07) is 9.97. The fourth-order valence-corrected chi connectivity index (χ4v) is 3.70. The molecule has 0 spiro atoms. The Labute approximate surface area is 172 Å². The fourth-order valence-electron chi connectivity index (χ4n) is 3.70. The van der Waals surface area contributed by atoms with E-state index >= 15 is 0 Å². The number of carbonyl (C=O) groups is 2. The molecule has 28 heavy (non-hydrogen) atoms. The van der Waals surface area contributed by atoms with Gasteiger partial charge in [-0.1, -0.05) is 88.4 Å². The Balaban J connectivity index is 0.00000133. The number of rotatable bonds is 2. The molecule has 0 fully saturated rings. The van der Waals surface area contributed by atoms with E-state index in [-0.39, 0.29) is 14.4 Å². The minimum atomic E-state index is 0. The third-order valence-electron chi connectivity index (χ3n) is 4.80. The molecule has 0 aliphatic heterocycles. The maximum Gasteiger partial charge on any atom is 0.168 e. The van der Waals surface area contributed by atoms with Crippen molar-refractivity contribution in [1.29, 1.82) is 0 Å². The molecule has 0 amide bonds. The molecule has 1 aromatic rings. The average molecular weight is 379 g/mol. The maximum absolute atomic E-state index is 12.8. The average Bonchev–Trinajstić information content (AvgIpc) is 2.93. The fraction of sp³-hybridized carbons (Fsp3) is 0.308. The molecule has 0 saturated heterocycles. The smallest absolute Gasteiger partial charge is 0.168 e. The van der Waals surface area contributed by atoms with Crippen LogP contribution >= 0.6 is 0 Å². The van der Waals surface area contributed by atoms with Gasteiger partial charge < -0.3 is 0 Å². The zero-order chi connectivity index (χ0) is 20.5. The lowest BCUT2D eigenvalue weighted by molar-refractivity contribution is -0.117. The van der Waals surface area contributed by atoms with Crippen molar-refractivity contribution in [2.45, 2.75) is 53.4 Å². The molecule has 0 N–H and O–H groups in total. The zero-order valence-corrected chi connectivity index (χ0v) is 17.4. The number of hydrogen-bond acceptors (Lipinski definition) is 2. The standard InChI is InChI=1S/C22H18O2.2C2H6.2H2/c23-19-13-12-17(15-8-6-3-7-9-15)21-20(24)14-18(22(19)21)16-10-4-1-2-5-11-16;2*1-2;;/h1,3-11H,2,12-14H2;2*1-2H3;2*1H. The lowest BCUT2D eigenvalue weighted by atomic mass is 9.83. The molecule has 0 atom stereocenters. The van der Waals surface area contributed by atoms with Crippen LogP contribution in [0.5, 0.6) is 0 Å². The maximum atomic E-state index is 12.8. The molecular formula is C26H34O2. The van der Waals surface area contributed by atoms with E-state index in [4.69, 9.17) is 0 Å². The van der Waals surface area contributed by atoms with Crippen molar-refractivity contribution < 1.29 is 12.4 Å². The van der Waals surface area contributed by atoms with Crippen LogP contribution in [0, 0.1) is 0 Å². The molecule has 0 radical (unpaired) electrons. The summed E-state index contributed by atoms with van der Waals surface area (Å²) in [6.45, 7) is 8.00. The zero-order valence-electron chi connectivity index (χ0n) is 17.4. The van der Waals surface area contributed by atoms with Gasteiger partial charge in [-0.2, -0.15) is 0 Å². The van der Waals surface area contributed by atoms with Crippen LogP contribution < -0.4 is 0 Å². The number of carbonyl (C=O) groups excluding carboxylic acids is 2. The molecule has 2 nitrogen and oxygen atoms in total. The van der Waals surface area contributed by atoms with Gasteiger partial charge in [0.15, 0.2) is 11.6 Å². The second-order valence-electron chi connectivity index (χ2n) is 6.28. The molecule has 3 aliphatic rings. The van der Waals surface area contributed by atoms with Gasteiger partial charge in [0.1, 0.15) is 0 Å². The van der Waals surface area contributed by atoms with Gasteiger partial charge in [0.05, 0.1) is 0 Å². The first kappa shape index (κ1) is 21.6. The van der Waals surface area contributed by atoms with E-state index < -0.39 is 0 Å². The largest absolute Gasteiger partial charge is 0.294 e. The van der Waals surface area contributed by atoms with Crippen molar-refractivity contribution in [1.82, 2.24) is 0 Å². The monoisotopic (exact) mass is 378 g/mol. The second kappa shape index (κ2) is 10.6. The van der Waals surface area contributed by atoms with Crippen LogP contribution in [0.2, 0.25) is 0 Å². The topological polar surface area (TPSA) is 34.1 Å². The van der Waals surface area contributed by atoms with E-state index in [1.54, 1.807) is 0 Å². The van der Waals surface area contributed by atoms with E-state index in [0.717, 1.165) is 28.7 Å². The Hall–Kier alpha value is -2.74. The van der Waals surface area contributed by atoms with Gasteiger partial charge in [-0.05, 0) is 35.1 Å². The highest BCUT2D eigenvalue weighted by Gasteiger charge is 2.37. The molecule has 150 valence electrons. The second-order valence-corrected chi connectivity index (χ2v) is 6.28. The van der Waals surface area contributed by atoms with E-state index in [9.17, 15) is 9.59 Å². The van der Waals surface area contributed by atoms with Crippen LogP contribution in [0.4, 0.5) is 0 Å². The first-order chi connectivity index (χ1) is 13.8. The molecular weight excluding hydrogens is 344 g/mol. The van der Waals surface area contributed by atoms with Gasteiger partial charge in [-0.3, -0.25) is 9.59 Å². The van der Waals surface area contributed by atoms with Gasteiger partial charge in [0, 0.05) is 26.8 Å². The van der Waals surface area contributed by atoms with Gasteiger partial charge in [0.25, 0.3) is 0 Å². The van der Waals surface area contributed by atoms with Crippen molar-refractivity contribution in [2.75, 3.05) is 0 Å². The van der Waals surface area contributed by atoms with Gasteiger partial charge in [-0.25, -0.2) is 0 Å². The van der Waals surface area contributed by atoms with E-state index in [1.165, 1.54) is 0 Å². The summed E-state index contributed by atoms with van der Waals surface area (Å²) in [5.74, 6) is 0.183. The Morgan fingerprint density at radius 3 is 2.18 bits per heavy atom. The number of Topliss-reactive ketones (excluding diaryl/α,β-unsaturated/α-hetero) is 2. The van der Waals surface area contributed by atoms with E-state index in [2.05, 4.69) is 12.2 Å². The van der Waals surface area contributed by atoms with E-state index in [0.29, 0.717) is 30.4 Å². The normalized spacial score (nSPS) is 17.9. The van der Waals surface area contributed by atoms with Crippen LogP contribution in [-0.2, 0) is 9.59 Å². The van der Waals surface area contributed by atoms with Crippen LogP contribution in [-0.4, -0.2) is 11.6 Å². The Morgan fingerprint density at radius 1 is 0.786 bits per heavy atom. The van der Waals surface area contributed by atoms with Crippen LogP contribution in [0.25, 0.3) is 5.57 Å². The molecule has 0 bridgehead atoms. The SMILES string of the molecule is CC.CC.O=C1CCC(c2ccccc2)=C2C(=O)CC(C3=CC=CCC=C3)=C12.[HH].[HH]. The Kier molecular flexibility index (Phi) is 8.13. The van der Waals surface area contributed by atoms with Crippen molar-refractivity contribution in [3.63, 3.8) is 0 Å². The number of allylic oxidation sites excluding steroid dienone is 10. The summed E-state index contributed by atoms with van der Waals surface area (Å²) in [5.41, 5.74) is 5.29. The van der Waals surface area contributed by atoms with Gasteiger partial charge in [0.2, 0.25) is 0 Å². The number of benzene rings is 1. The number of ketones is 2. The number of hydrogen-bond donors (Lipinski definition) is 0.